The normalized spacial score (nSPS) is 22.9. The number of anilines is 1. The van der Waals surface area contributed by atoms with Crippen LogP contribution < -0.4 is 4.90 Å². The number of amides is 1. The van der Waals surface area contributed by atoms with Gasteiger partial charge in [-0.1, -0.05) is 6.07 Å². The molecule has 0 saturated carbocycles. The molecular weight excluding hydrogens is 434 g/mol. The second-order valence-corrected chi connectivity index (χ2v) is 10.6. The van der Waals surface area contributed by atoms with Gasteiger partial charge >= 0.3 is 0 Å². The summed E-state index contributed by atoms with van der Waals surface area (Å²) in [5, 5.41) is 10.9. The number of aromatic nitrogens is 2. The Balaban J connectivity index is 1.07. The second-order valence-electron chi connectivity index (χ2n) is 9.65. The fraction of sp³-hybridized carbons (Fsp3) is 0.640. The molecule has 33 heavy (non-hydrogen) atoms. The van der Waals surface area contributed by atoms with Crippen LogP contribution in [0.5, 0.6) is 0 Å². The van der Waals surface area contributed by atoms with Crippen molar-refractivity contribution in [1.29, 1.82) is 0 Å². The summed E-state index contributed by atoms with van der Waals surface area (Å²) in [6, 6.07) is 8.77. The van der Waals surface area contributed by atoms with Crippen LogP contribution in [-0.4, -0.2) is 84.4 Å². The molecule has 3 saturated heterocycles. The lowest BCUT2D eigenvalue weighted by atomic mass is 9.93. The first-order valence-electron chi connectivity index (χ1n) is 12.4. The minimum atomic E-state index is 0.140. The zero-order valence-corrected chi connectivity index (χ0v) is 20.4. The van der Waals surface area contributed by atoms with Gasteiger partial charge in [-0.3, -0.25) is 4.79 Å². The standard InChI is InChI=1S/C25H35N5O2S/c1-28(18-21-4-2-16-32-21)20-10-14-30(15-11-20)25(31)19-8-12-29(13-9-19)24-7-6-22(26-27-24)23-5-3-17-33-23/h3,5-7,17,19-21H,2,4,8-16,18H2,1H3. The van der Waals surface area contributed by atoms with Crippen molar-refractivity contribution in [3.8, 4) is 10.6 Å². The molecule has 5 rings (SSSR count). The molecule has 3 aliphatic rings. The van der Waals surface area contributed by atoms with Gasteiger partial charge in [-0.25, -0.2) is 0 Å². The molecule has 8 heteroatoms. The van der Waals surface area contributed by atoms with Crippen LogP contribution in [0.1, 0.15) is 38.5 Å². The van der Waals surface area contributed by atoms with Gasteiger partial charge in [0.05, 0.1) is 11.0 Å². The van der Waals surface area contributed by atoms with Gasteiger partial charge in [-0.2, -0.15) is 0 Å². The average Bonchev–Trinajstić information content (AvgIpc) is 3.59. The van der Waals surface area contributed by atoms with Gasteiger partial charge in [0.25, 0.3) is 0 Å². The molecule has 0 aliphatic carbocycles. The topological polar surface area (TPSA) is 61.8 Å². The van der Waals surface area contributed by atoms with Crippen LogP contribution in [0, 0.1) is 5.92 Å². The maximum absolute atomic E-state index is 13.2. The number of carbonyl (C=O) groups is 1. The van der Waals surface area contributed by atoms with Crippen LogP contribution in [0.15, 0.2) is 29.6 Å². The van der Waals surface area contributed by atoms with Crippen molar-refractivity contribution in [2.24, 2.45) is 5.92 Å². The zero-order valence-electron chi connectivity index (χ0n) is 19.6. The first-order valence-corrected chi connectivity index (χ1v) is 13.3. The summed E-state index contributed by atoms with van der Waals surface area (Å²) >= 11 is 1.68. The highest BCUT2D eigenvalue weighted by atomic mass is 32.1. The molecule has 1 unspecified atom stereocenters. The Hall–Kier alpha value is -2.03. The number of nitrogens with zero attached hydrogens (tertiary/aromatic N) is 5. The number of thiophene rings is 1. The summed E-state index contributed by atoms with van der Waals surface area (Å²) in [5.74, 6) is 1.41. The Labute approximate surface area is 200 Å². The molecule has 0 aromatic carbocycles. The van der Waals surface area contributed by atoms with Crippen LogP contribution in [0.3, 0.4) is 0 Å². The van der Waals surface area contributed by atoms with Crippen LogP contribution >= 0.6 is 11.3 Å². The molecule has 5 heterocycles. The lowest BCUT2D eigenvalue weighted by Gasteiger charge is -2.40. The van der Waals surface area contributed by atoms with E-state index in [2.05, 4.69) is 49.5 Å². The highest BCUT2D eigenvalue weighted by Crippen LogP contribution is 2.27. The van der Waals surface area contributed by atoms with Crippen LogP contribution in [-0.2, 0) is 9.53 Å². The van der Waals surface area contributed by atoms with Crippen LogP contribution in [0.4, 0.5) is 5.82 Å². The van der Waals surface area contributed by atoms with Crippen molar-refractivity contribution in [2.75, 3.05) is 51.3 Å². The predicted molar refractivity (Wildman–Crippen MR) is 131 cm³/mol. The lowest BCUT2D eigenvalue weighted by Crippen LogP contribution is -2.49. The van der Waals surface area contributed by atoms with E-state index in [-0.39, 0.29) is 5.92 Å². The third kappa shape index (κ3) is 5.39. The van der Waals surface area contributed by atoms with E-state index in [1.54, 1.807) is 11.3 Å². The van der Waals surface area contributed by atoms with Gasteiger partial charge in [0.2, 0.25) is 5.91 Å². The molecule has 2 aromatic rings. The molecule has 178 valence electrons. The molecular formula is C25H35N5O2S. The van der Waals surface area contributed by atoms with E-state index in [0.29, 0.717) is 18.1 Å². The largest absolute Gasteiger partial charge is 0.377 e. The van der Waals surface area contributed by atoms with E-state index in [9.17, 15) is 4.79 Å². The summed E-state index contributed by atoms with van der Waals surface area (Å²) < 4.78 is 5.80. The first-order chi connectivity index (χ1) is 16.2. The number of hydrogen-bond donors (Lipinski definition) is 0. The summed E-state index contributed by atoms with van der Waals surface area (Å²) in [6.07, 6.45) is 6.71. The Morgan fingerprint density at radius 1 is 1.09 bits per heavy atom. The van der Waals surface area contributed by atoms with Crippen LogP contribution in [0.2, 0.25) is 0 Å². The maximum atomic E-state index is 13.2. The number of likely N-dealkylation sites (tertiary alicyclic amines) is 1. The number of carbonyl (C=O) groups excluding carboxylic acids is 1. The second kappa shape index (κ2) is 10.5. The molecule has 2 aromatic heterocycles. The summed E-state index contributed by atoms with van der Waals surface area (Å²) in [4.78, 5) is 21.2. The van der Waals surface area contributed by atoms with E-state index in [1.807, 2.05) is 12.1 Å². The van der Waals surface area contributed by atoms with E-state index >= 15 is 0 Å². The zero-order chi connectivity index (χ0) is 22.6. The highest BCUT2D eigenvalue weighted by Gasteiger charge is 2.32. The monoisotopic (exact) mass is 469 g/mol. The van der Waals surface area contributed by atoms with Gasteiger partial charge in [0.1, 0.15) is 5.69 Å². The van der Waals surface area contributed by atoms with Crippen molar-refractivity contribution < 1.29 is 9.53 Å². The Kier molecular flexibility index (Phi) is 7.23. The van der Waals surface area contributed by atoms with Gasteiger partial charge in [-0.05, 0) is 69.2 Å². The molecule has 0 bridgehead atoms. The fourth-order valence-electron chi connectivity index (χ4n) is 5.45. The highest BCUT2D eigenvalue weighted by molar-refractivity contribution is 7.13. The lowest BCUT2D eigenvalue weighted by molar-refractivity contribution is -0.137. The third-order valence-corrected chi connectivity index (χ3v) is 8.40. The number of hydrogen-bond acceptors (Lipinski definition) is 7. The van der Waals surface area contributed by atoms with Crippen molar-refractivity contribution in [2.45, 2.75) is 50.7 Å². The molecule has 0 N–H and O–H groups in total. The molecule has 3 fully saturated rings. The molecule has 1 amide bonds. The summed E-state index contributed by atoms with van der Waals surface area (Å²) in [7, 11) is 2.22. The minimum absolute atomic E-state index is 0.140. The van der Waals surface area contributed by atoms with E-state index in [0.717, 1.165) is 81.4 Å². The summed E-state index contributed by atoms with van der Waals surface area (Å²) in [6.45, 7) is 5.43. The molecule has 3 aliphatic heterocycles. The minimum Gasteiger partial charge on any atom is -0.377 e. The molecule has 0 spiro atoms. The summed E-state index contributed by atoms with van der Waals surface area (Å²) in [5.41, 5.74) is 0.920. The number of rotatable bonds is 6. The van der Waals surface area contributed by atoms with Crippen molar-refractivity contribution in [3.63, 3.8) is 0 Å². The van der Waals surface area contributed by atoms with Gasteiger partial charge in [-0.15, -0.1) is 21.5 Å². The molecule has 0 radical (unpaired) electrons. The van der Waals surface area contributed by atoms with E-state index in [1.165, 1.54) is 12.8 Å². The first kappa shape index (κ1) is 22.7. The van der Waals surface area contributed by atoms with E-state index < -0.39 is 0 Å². The number of piperidine rings is 2. The van der Waals surface area contributed by atoms with E-state index in [4.69, 9.17) is 4.74 Å². The van der Waals surface area contributed by atoms with Crippen LogP contribution in [0.25, 0.3) is 10.6 Å². The Morgan fingerprint density at radius 3 is 2.55 bits per heavy atom. The quantitative estimate of drug-likeness (QED) is 0.645. The third-order valence-electron chi connectivity index (χ3n) is 7.51. The number of likely N-dealkylation sites (N-methyl/N-ethyl adjacent to an activating group) is 1. The number of ether oxygens (including phenoxy) is 1. The molecule has 1 atom stereocenters. The van der Waals surface area contributed by atoms with Crippen molar-refractivity contribution in [1.82, 2.24) is 20.0 Å². The maximum Gasteiger partial charge on any atom is 0.225 e. The van der Waals surface area contributed by atoms with Crippen molar-refractivity contribution >= 4 is 23.1 Å². The van der Waals surface area contributed by atoms with Gasteiger partial charge in [0.15, 0.2) is 5.82 Å². The van der Waals surface area contributed by atoms with Gasteiger partial charge < -0.3 is 19.4 Å². The smallest absolute Gasteiger partial charge is 0.225 e. The molecule has 7 nitrogen and oxygen atoms in total. The fourth-order valence-corrected chi connectivity index (χ4v) is 6.14. The van der Waals surface area contributed by atoms with Gasteiger partial charge in [0, 0.05) is 51.3 Å². The Morgan fingerprint density at radius 2 is 1.91 bits per heavy atom. The SMILES string of the molecule is CN(CC1CCCO1)C1CCN(C(=O)C2CCN(c3ccc(-c4cccs4)nn3)CC2)CC1. The predicted octanol–water partition coefficient (Wildman–Crippen LogP) is 3.52. The van der Waals surface area contributed by atoms with Crippen molar-refractivity contribution in [3.05, 3.63) is 29.6 Å². The Bertz CT molecular complexity index is 884. The average molecular weight is 470 g/mol.